The topological polar surface area (TPSA) is 77.2 Å². The van der Waals surface area contributed by atoms with Crippen molar-refractivity contribution in [2.24, 2.45) is 5.92 Å². The first-order chi connectivity index (χ1) is 13.1. The van der Waals surface area contributed by atoms with Crippen LogP contribution in [0.2, 0.25) is 0 Å². The second-order valence-electron chi connectivity index (χ2n) is 6.99. The zero-order valence-electron chi connectivity index (χ0n) is 15.5. The molecule has 2 heterocycles. The standard InChI is InChI=1S/C21H23N3O2S/c1-3-12-4-9-17-13(10-12)11-16-18(22)19(27-21(16)24-17)20(25)23-14-5-7-15(26-2)8-6-14/h5-8,11-12H,3-4,9-10,22H2,1-2H3,(H,23,25)/t12-/m0/s1. The Kier molecular flexibility index (Phi) is 4.74. The van der Waals surface area contributed by atoms with Crippen molar-refractivity contribution in [1.82, 2.24) is 4.98 Å². The third-order valence-electron chi connectivity index (χ3n) is 5.32. The van der Waals surface area contributed by atoms with Gasteiger partial charge in [0.15, 0.2) is 0 Å². The van der Waals surface area contributed by atoms with E-state index in [1.807, 2.05) is 24.3 Å². The lowest BCUT2D eigenvalue weighted by atomic mass is 9.85. The van der Waals surface area contributed by atoms with Gasteiger partial charge < -0.3 is 15.8 Å². The maximum absolute atomic E-state index is 12.7. The van der Waals surface area contributed by atoms with Crippen molar-refractivity contribution in [3.8, 4) is 5.75 Å². The van der Waals surface area contributed by atoms with Crippen molar-refractivity contribution in [1.29, 1.82) is 0 Å². The summed E-state index contributed by atoms with van der Waals surface area (Å²) in [6.45, 7) is 2.24. The highest BCUT2D eigenvalue weighted by molar-refractivity contribution is 7.21. The van der Waals surface area contributed by atoms with E-state index in [1.54, 1.807) is 7.11 Å². The molecule has 5 nitrogen and oxygen atoms in total. The number of hydrogen-bond donors (Lipinski definition) is 2. The van der Waals surface area contributed by atoms with Crippen molar-refractivity contribution < 1.29 is 9.53 Å². The van der Waals surface area contributed by atoms with Gasteiger partial charge in [-0.2, -0.15) is 0 Å². The lowest BCUT2D eigenvalue weighted by Crippen LogP contribution is -2.14. The molecule has 1 aliphatic carbocycles. The molecule has 3 aromatic rings. The summed E-state index contributed by atoms with van der Waals surface area (Å²) < 4.78 is 5.14. The van der Waals surface area contributed by atoms with Gasteiger partial charge in [-0.05, 0) is 61.1 Å². The van der Waals surface area contributed by atoms with E-state index in [4.69, 9.17) is 15.5 Å². The first-order valence-corrected chi connectivity index (χ1v) is 10.1. The van der Waals surface area contributed by atoms with E-state index in [1.165, 1.54) is 29.7 Å². The summed E-state index contributed by atoms with van der Waals surface area (Å²) >= 11 is 1.37. The highest BCUT2D eigenvalue weighted by atomic mass is 32.1. The number of aromatic nitrogens is 1. The number of nitrogens with two attached hydrogens (primary N) is 1. The van der Waals surface area contributed by atoms with Gasteiger partial charge in [-0.3, -0.25) is 4.79 Å². The van der Waals surface area contributed by atoms with E-state index >= 15 is 0 Å². The zero-order chi connectivity index (χ0) is 19.0. The fourth-order valence-corrected chi connectivity index (χ4v) is 4.64. The average molecular weight is 382 g/mol. The number of ether oxygens (including phenoxy) is 1. The van der Waals surface area contributed by atoms with E-state index in [-0.39, 0.29) is 5.91 Å². The molecule has 0 saturated heterocycles. The molecule has 0 saturated carbocycles. The number of carbonyl (C=O) groups is 1. The number of anilines is 2. The van der Waals surface area contributed by atoms with E-state index in [2.05, 4.69) is 18.3 Å². The number of rotatable bonds is 4. The number of benzene rings is 1. The molecule has 0 radical (unpaired) electrons. The number of thiophene rings is 1. The van der Waals surface area contributed by atoms with Crippen LogP contribution in [0.3, 0.4) is 0 Å². The minimum Gasteiger partial charge on any atom is -0.497 e. The number of nitrogen functional groups attached to an aromatic ring is 1. The molecule has 0 unspecified atom stereocenters. The molecule has 27 heavy (non-hydrogen) atoms. The number of fused-ring (bicyclic) bond motifs is 2. The number of pyridine rings is 1. The van der Waals surface area contributed by atoms with Crippen LogP contribution in [0.15, 0.2) is 30.3 Å². The predicted octanol–water partition coefficient (Wildman–Crippen LogP) is 4.65. The molecule has 0 spiro atoms. The summed E-state index contributed by atoms with van der Waals surface area (Å²) in [6, 6.07) is 9.38. The van der Waals surface area contributed by atoms with Crippen molar-refractivity contribution in [3.05, 3.63) is 46.5 Å². The van der Waals surface area contributed by atoms with E-state index < -0.39 is 0 Å². The monoisotopic (exact) mass is 381 g/mol. The van der Waals surface area contributed by atoms with Crippen LogP contribution in [0.4, 0.5) is 11.4 Å². The second kappa shape index (κ2) is 7.19. The third-order valence-corrected chi connectivity index (χ3v) is 6.43. The number of hydrogen-bond acceptors (Lipinski definition) is 5. The molecule has 140 valence electrons. The molecule has 4 rings (SSSR count). The van der Waals surface area contributed by atoms with Crippen molar-refractivity contribution >= 4 is 38.8 Å². The summed E-state index contributed by atoms with van der Waals surface area (Å²) in [7, 11) is 1.61. The Hall–Kier alpha value is -2.60. The summed E-state index contributed by atoms with van der Waals surface area (Å²) in [5, 5.41) is 3.80. The highest BCUT2D eigenvalue weighted by Gasteiger charge is 2.23. The van der Waals surface area contributed by atoms with E-state index in [0.29, 0.717) is 16.3 Å². The van der Waals surface area contributed by atoms with Crippen molar-refractivity contribution in [2.45, 2.75) is 32.6 Å². The summed E-state index contributed by atoms with van der Waals surface area (Å²) in [4.78, 5) is 18.9. The minimum atomic E-state index is -0.204. The van der Waals surface area contributed by atoms with Gasteiger partial charge in [0.25, 0.3) is 5.91 Å². The van der Waals surface area contributed by atoms with Crippen LogP contribution in [0.25, 0.3) is 10.2 Å². The summed E-state index contributed by atoms with van der Waals surface area (Å²) in [5.41, 5.74) is 10.0. The lowest BCUT2D eigenvalue weighted by Gasteiger charge is -2.22. The molecule has 2 aromatic heterocycles. The number of methoxy groups -OCH3 is 1. The Balaban J connectivity index is 1.63. The van der Waals surface area contributed by atoms with Gasteiger partial charge in [-0.1, -0.05) is 13.3 Å². The Morgan fingerprint density at radius 3 is 2.85 bits per heavy atom. The van der Waals surface area contributed by atoms with Crippen LogP contribution >= 0.6 is 11.3 Å². The van der Waals surface area contributed by atoms with Crippen LogP contribution in [0, 0.1) is 5.92 Å². The van der Waals surface area contributed by atoms with Crippen molar-refractivity contribution in [2.75, 3.05) is 18.2 Å². The Morgan fingerprint density at radius 2 is 2.15 bits per heavy atom. The van der Waals surface area contributed by atoms with Gasteiger partial charge in [0.05, 0.1) is 12.8 Å². The number of carbonyl (C=O) groups excluding carboxylic acids is 1. The minimum absolute atomic E-state index is 0.204. The Labute approximate surface area is 162 Å². The summed E-state index contributed by atoms with van der Waals surface area (Å²) in [6.07, 6.45) is 4.44. The normalized spacial score (nSPS) is 16.1. The molecule has 0 fully saturated rings. The third kappa shape index (κ3) is 3.37. The fraction of sp³-hybridized carbons (Fsp3) is 0.333. The average Bonchev–Trinajstić information content (AvgIpc) is 3.02. The van der Waals surface area contributed by atoms with Gasteiger partial charge in [0.2, 0.25) is 0 Å². The quantitative estimate of drug-likeness (QED) is 0.689. The highest BCUT2D eigenvalue weighted by Crippen LogP contribution is 2.37. The molecule has 0 aliphatic heterocycles. The smallest absolute Gasteiger partial charge is 0.267 e. The van der Waals surface area contributed by atoms with Gasteiger partial charge in [0.1, 0.15) is 15.5 Å². The van der Waals surface area contributed by atoms with Crippen molar-refractivity contribution in [3.63, 3.8) is 0 Å². The maximum atomic E-state index is 12.7. The first kappa shape index (κ1) is 17.8. The van der Waals surface area contributed by atoms with Crippen LogP contribution in [-0.2, 0) is 12.8 Å². The van der Waals surface area contributed by atoms with Gasteiger partial charge in [-0.25, -0.2) is 4.98 Å². The zero-order valence-corrected chi connectivity index (χ0v) is 16.4. The molecule has 1 aliphatic rings. The largest absolute Gasteiger partial charge is 0.497 e. The molecule has 1 amide bonds. The molecular weight excluding hydrogens is 358 g/mol. The molecular formula is C21H23N3O2S. The maximum Gasteiger partial charge on any atom is 0.267 e. The molecule has 1 aromatic carbocycles. The second-order valence-corrected chi connectivity index (χ2v) is 7.99. The molecule has 0 bridgehead atoms. The summed E-state index contributed by atoms with van der Waals surface area (Å²) in [5.74, 6) is 1.26. The number of aryl methyl sites for hydroxylation is 1. The molecule has 1 atom stereocenters. The van der Waals surface area contributed by atoms with Crippen LogP contribution < -0.4 is 15.8 Å². The Morgan fingerprint density at radius 1 is 1.37 bits per heavy atom. The lowest BCUT2D eigenvalue weighted by molar-refractivity contribution is 0.103. The SMILES string of the molecule is CC[C@H]1CCc2nc3sc(C(=O)Nc4ccc(OC)cc4)c(N)c3cc2C1. The number of nitrogens with one attached hydrogen (secondary N) is 1. The predicted molar refractivity (Wildman–Crippen MR) is 111 cm³/mol. The van der Waals surface area contributed by atoms with Crippen LogP contribution in [-0.4, -0.2) is 18.0 Å². The van der Waals surface area contributed by atoms with E-state index in [0.717, 1.165) is 40.4 Å². The van der Waals surface area contributed by atoms with Crippen LogP contribution in [0.5, 0.6) is 5.75 Å². The fourth-order valence-electron chi connectivity index (χ4n) is 3.65. The van der Waals surface area contributed by atoms with Crippen LogP contribution in [0.1, 0.15) is 40.7 Å². The first-order valence-electron chi connectivity index (χ1n) is 9.25. The Bertz CT molecular complexity index is 995. The molecule has 3 N–H and O–H groups in total. The van der Waals surface area contributed by atoms with Gasteiger partial charge in [0, 0.05) is 16.8 Å². The van der Waals surface area contributed by atoms with E-state index in [9.17, 15) is 4.79 Å². The van der Waals surface area contributed by atoms with Gasteiger partial charge >= 0.3 is 0 Å². The number of nitrogens with zero attached hydrogens (tertiary/aromatic N) is 1. The number of amides is 1. The molecule has 6 heteroatoms. The van der Waals surface area contributed by atoms with Gasteiger partial charge in [-0.15, -0.1) is 11.3 Å².